The largest absolute Gasteiger partial charge is 0.459 e. The summed E-state index contributed by atoms with van der Waals surface area (Å²) in [6, 6.07) is 12.8. The van der Waals surface area contributed by atoms with Gasteiger partial charge in [0.25, 0.3) is 5.91 Å². The lowest BCUT2D eigenvalue weighted by Crippen LogP contribution is -2.43. The number of hydrogen-bond donors (Lipinski definition) is 1. The van der Waals surface area contributed by atoms with Crippen molar-refractivity contribution < 1.29 is 14.0 Å². The molecule has 2 aromatic heterocycles. The summed E-state index contributed by atoms with van der Waals surface area (Å²) in [5, 5.41) is 3.91. The molecule has 26 heavy (non-hydrogen) atoms. The van der Waals surface area contributed by atoms with Gasteiger partial charge in [-0.25, -0.2) is 0 Å². The summed E-state index contributed by atoms with van der Waals surface area (Å²) < 4.78 is 5.19. The second-order valence-electron chi connectivity index (χ2n) is 6.43. The Morgan fingerprint density at radius 3 is 2.92 bits per heavy atom. The molecule has 1 aliphatic rings. The van der Waals surface area contributed by atoms with E-state index in [9.17, 15) is 9.59 Å². The molecule has 0 bridgehead atoms. The number of nitrogens with zero attached hydrogens (tertiary/aromatic N) is 2. The number of amides is 2. The average molecular weight is 349 g/mol. The molecule has 1 aromatic carbocycles. The van der Waals surface area contributed by atoms with Gasteiger partial charge in [0.2, 0.25) is 5.91 Å². The van der Waals surface area contributed by atoms with Crippen molar-refractivity contribution in [3.05, 3.63) is 60.7 Å². The van der Waals surface area contributed by atoms with Crippen LogP contribution in [0, 0.1) is 5.92 Å². The van der Waals surface area contributed by atoms with E-state index in [4.69, 9.17) is 4.42 Å². The number of anilines is 1. The fourth-order valence-corrected chi connectivity index (χ4v) is 3.38. The molecule has 1 saturated heterocycles. The molecule has 4 rings (SSSR count). The molecule has 0 radical (unpaired) electrons. The van der Waals surface area contributed by atoms with E-state index in [-0.39, 0.29) is 17.7 Å². The molecule has 3 aromatic rings. The third kappa shape index (κ3) is 3.18. The van der Waals surface area contributed by atoms with Crippen LogP contribution in [-0.4, -0.2) is 34.8 Å². The van der Waals surface area contributed by atoms with Crippen molar-refractivity contribution in [2.75, 3.05) is 18.4 Å². The topological polar surface area (TPSA) is 75.4 Å². The van der Waals surface area contributed by atoms with Gasteiger partial charge in [0.1, 0.15) is 0 Å². The third-order valence-electron chi connectivity index (χ3n) is 4.71. The molecule has 6 heteroatoms. The van der Waals surface area contributed by atoms with Gasteiger partial charge in [-0.2, -0.15) is 0 Å². The Labute approximate surface area is 150 Å². The predicted octanol–water partition coefficient (Wildman–Crippen LogP) is 3.32. The van der Waals surface area contributed by atoms with Gasteiger partial charge in [0.15, 0.2) is 5.76 Å². The van der Waals surface area contributed by atoms with E-state index in [1.54, 1.807) is 23.2 Å². The first-order chi connectivity index (χ1) is 12.7. The molecule has 0 unspecified atom stereocenters. The Bertz CT molecular complexity index is 931. The van der Waals surface area contributed by atoms with Gasteiger partial charge in [0, 0.05) is 24.7 Å². The van der Waals surface area contributed by atoms with E-state index in [1.807, 2.05) is 30.3 Å². The molecule has 1 N–H and O–H groups in total. The summed E-state index contributed by atoms with van der Waals surface area (Å²) in [5.41, 5.74) is 1.58. The molecule has 0 saturated carbocycles. The lowest BCUT2D eigenvalue weighted by atomic mass is 9.96. The normalized spacial score (nSPS) is 17.2. The number of fused-ring (bicyclic) bond motifs is 1. The van der Waals surface area contributed by atoms with Gasteiger partial charge < -0.3 is 14.6 Å². The highest BCUT2D eigenvalue weighted by Gasteiger charge is 2.30. The monoisotopic (exact) mass is 349 g/mol. The highest BCUT2D eigenvalue weighted by Crippen LogP contribution is 2.24. The number of pyridine rings is 1. The molecule has 0 spiro atoms. The number of nitrogens with one attached hydrogen (secondary N) is 1. The first-order valence-corrected chi connectivity index (χ1v) is 8.70. The lowest BCUT2D eigenvalue weighted by Gasteiger charge is -2.31. The molecule has 2 amide bonds. The fraction of sp³-hybridized carbons (Fsp3) is 0.250. The van der Waals surface area contributed by atoms with Crippen LogP contribution in [0.25, 0.3) is 10.9 Å². The Balaban J connectivity index is 1.48. The Morgan fingerprint density at radius 2 is 2.08 bits per heavy atom. The molecule has 0 aliphatic carbocycles. The summed E-state index contributed by atoms with van der Waals surface area (Å²) in [5.74, 6) is -0.166. The second kappa shape index (κ2) is 7.00. The maximum absolute atomic E-state index is 12.8. The summed E-state index contributed by atoms with van der Waals surface area (Å²) in [6.45, 7) is 1.04. The number of benzene rings is 1. The standard InChI is InChI=1S/C20H19N3O3/c24-19(22-17-8-1-7-16-15(17)6-2-10-21-16)14-5-3-11-23(13-14)20(25)18-9-4-12-26-18/h1-2,4,6-10,12,14H,3,5,11,13H2,(H,22,24)/t14-/m0/s1. The van der Waals surface area contributed by atoms with Crippen LogP contribution in [0.15, 0.2) is 59.3 Å². The van der Waals surface area contributed by atoms with E-state index in [0.717, 1.165) is 29.4 Å². The van der Waals surface area contributed by atoms with Gasteiger partial charge in [-0.05, 0) is 49.2 Å². The van der Waals surface area contributed by atoms with Crippen LogP contribution in [0.1, 0.15) is 23.4 Å². The lowest BCUT2D eigenvalue weighted by molar-refractivity contribution is -0.121. The SMILES string of the molecule is O=C(Nc1cccc2ncccc12)[C@H]1CCCN(C(=O)c2ccco2)C1. The molecule has 1 aliphatic heterocycles. The Morgan fingerprint density at radius 1 is 1.15 bits per heavy atom. The number of carbonyl (C=O) groups excluding carboxylic acids is 2. The number of piperidine rings is 1. The van der Waals surface area contributed by atoms with Crippen LogP contribution < -0.4 is 5.32 Å². The fourth-order valence-electron chi connectivity index (χ4n) is 3.38. The minimum Gasteiger partial charge on any atom is -0.459 e. The smallest absolute Gasteiger partial charge is 0.289 e. The van der Waals surface area contributed by atoms with Gasteiger partial charge in [-0.3, -0.25) is 14.6 Å². The number of furan rings is 1. The van der Waals surface area contributed by atoms with Crippen molar-refractivity contribution in [2.24, 2.45) is 5.92 Å². The van der Waals surface area contributed by atoms with Gasteiger partial charge >= 0.3 is 0 Å². The number of rotatable bonds is 3. The maximum Gasteiger partial charge on any atom is 0.289 e. The summed E-state index contributed by atoms with van der Waals surface area (Å²) >= 11 is 0. The number of likely N-dealkylation sites (tertiary alicyclic amines) is 1. The van der Waals surface area contributed by atoms with Gasteiger partial charge in [0.05, 0.1) is 23.4 Å². The van der Waals surface area contributed by atoms with Crippen molar-refractivity contribution in [3.8, 4) is 0 Å². The van der Waals surface area contributed by atoms with E-state index in [1.165, 1.54) is 6.26 Å². The quantitative estimate of drug-likeness (QED) is 0.787. The molecule has 1 atom stereocenters. The zero-order chi connectivity index (χ0) is 17.9. The first-order valence-electron chi connectivity index (χ1n) is 8.70. The van der Waals surface area contributed by atoms with Crippen LogP contribution in [0.2, 0.25) is 0 Å². The van der Waals surface area contributed by atoms with Crippen LogP contribution in [-0.2, 0) is 4.79 Å². The van der Waals surface area contributed by atoms with Crippen LogP contribution >= 0.6 is 0 Å². The van der Waals surface area contributed by atoms with E-state index >= 15 is 0 Å². The average Bonchev–Trinajstić information content (AvgIpc) is 3.22. The molecule has 6 nitrogen and oxygen atoms in total. The molecule has 3 heterocycles. The Kier molecular flexibility index (Phi) is 4.39. The van der Waals surface area contributed by atoms with E-state index in [2.05, 4.69) is 10.3 Å². The minimum atomic E-state index is -0.241. The first kappa shape index (κ1) is 16.3. The van der Waals surface area contributed by atoms with E-state index in [0.29, 0.717) is 18.8 Å². The highest BCUT2D eigenvalue weighted by atomic mass is 16.3. The number of carbonyl (C=O) groups is 2. The highest BCUT2D eigenvalue weighted by molar-refractivity contribution is 6.02. The van der Waals surface area contributed by atoms with Crippen LogP contribution in [0.5, 0.6) is 0 Å². The van der Waals surface area contributed by atoms with Crippen molar-refractivity contribution >= 4 is 28.4 Å². The van der Waals surface area contributed by atoms with Crippen molar-refractivity contribution in [1.82, 2.24) is 9.88 Å². The van der Waals surface area contributed by atoms with Crippen LogP contribution in [0.3, 0.4) is 0 Å². The maximum atomic E-state index is 12.8. The zero-order valence-corrected chi connectivity index (χ0v) is 14.2. The van der Waals surface area contributed by atoms with E-state index < -0.39 is 0 Å². The van der Waals surface area contributed by atoms with Crippen molar-refractivity contribution in [3.63, 3.8) is 0 Å². The van der Waals surface area contributed by atoms with Gasteiger partial charge in [-0.15, -0.1) is 0 Å². The van der Waals surface area contributed by atoms with Gasteiger partial charge in [-0.1, -0.05) is 6.07 Å². The summed E-state index contributed by atoms with van der Waals surface area (Å²) in [7, 11) is 0. The predicted molar refractivity (Wildman–Crippen MR) is 97.7 cm³/mol. The summed E-state index contributed by atoms with van der Waals surface area (Å²) in [6.07, 6.45) is 4.77. The molecule has 1 fully saturated rings. The van der Waals surface area contributed by atoms with Crippen molar-refractivity contribution in [2.45, 2.75) is 12.8 Å². The van der Waals surface area contributed by atoms with Crippen molar-refractivity contribution in [1.29, 1.82) is 0 Å². The molecular formula is C20H19N3O3. The minimum absolute atomic E-state index is 0.0710. The zero-order valence-electron chi connectivity index (χ0n) is 14.2. The second-order valence-corrected chi connectivity index (χ2v) is 6.43. The molecule has 132 valence electrons. The summed E-state index contributed by atoms with van der Waals surface area (Å²) in [4.78, 5) is 31.2. The molecular weight excluding hydrogens is 330 g/mol. The number of aromatic nitrogens is 1. The third-order valence-corrected chi connectivity index (χ3v) is 4.71. The number of hydrogen-bond acceptors (Lipinski definition) is 4. The van der Waals surface area contributed by atoms with Crippen LogP contribution in [0.4, 0.5) is 5.69 Å². The Hall–Kier alpha value is -3.15.